The number of carbonyl (C=O) groups excluding carboxylic acids is 1. The molecule has 5 heteroatoms. The lowest BCUT2D eigenvalue weighted by molar-refractivity contribution is -0.116. The molecule has 0 saturated carbocycles. The number of amides is 1. The van der Waals surface area contributed by atoms with Gasteiger partial charge in [0.2, 0.25) is 5.91 Å². The highest BCUT2D eigenvalue weighted by molar-refractivity contribution is 5.97. The van der Waals surface area contributed by atoms with E-state index in [0.29, 0.717) is 12.5 Å². The average Bonchev–Trinajstić information content (AvgIpc) is 2.78. The minimum absolute atomic E-state index is 0.0530. The molecule has 0 aliphatic carbocycles. The molecule has 0 atom stereocenters. The second-order valence-corrected chi connectivity index (χ2v) is 6.54. The van der Waals surface area contributed by atoms with Gasteiger partial charge < -0.3 is 15.5 Å². The van der Waals surface area contributed by atoms with Gasteiger partial charge >= 0.3 is 0 Å². The molecule has 124 valence electrons. The smallest absolute Gasteiger partial charge is 0.224 e. The molecule has 0 radical (unpaired) electrons. The largest absolute Gasteiger partial charge is 0.338 e. The highest BCUT2D eigenvalue weighted by Crippen LogP contribution is 2.38. The van der Waals surface area contributed by atoms with E-state index in [-0.39, 0.29) is 5.91 Å². The summed E-state index contributed by atoms with van der Waals surface area (Å²) in [6.07, 6.45) is 4.07. The third-order valence-electron chi connectivity index (χ3n) is 4.98. The van der Waals surface area contributed by atoms with E-state index in [0.717, 1.165) is 48.7 Å². The number of hydrogen-bond acceptors (Lipinski definition) is 4. The lowest BCUT2D eigenvalue weighted by Crippen LogP contribution is -2.28. The zero-order valence-electron chi connectivity index (χ0n) is 13.9. The molecule has 5 nitrogen and oxygen atoms in total. The Balaban J connectivity index is 1.76. The summed E-state index contributed by atoms with van der Waals surface area (Å²) >= 11 is 0. The van der Waals surface area contributed by atoms with E-state index < -0.39 is 0 Å². The molecule has 0 spiro atoms. The monoisotopic (exact) mass is 322 g/mol. The van der Waals surface area contributed by atoms with Crippen molar-refractivity contribution in [3.8, 4) is 0 Å². The fourth-order valence-electron chi connectivity index (χ4n) is 3.63. The Morgan fingerprint density at radius 1 is 1.25 bits per heavy atom. The maximum Gasteiger partial charge on any atom is 0.224 e. The number of pyridine rings is 1. The van der Waals surface area contributed by atoms with E-state index in [1.807, 2.05) is 17.0 Å². The van der Waals surface area contributed by atoms with Crippen LogP contribution in [0.2, 0.25) is 0 Å². The van der Waals surface area contributed by atoms with Gasteiger partial charge in [0.1, 0.15) is 5.82 Å². The first-order valence-electron chi connectivity index (χ1n) is 8.56. The van der Waals surface area contributed by atoms with Crippen molar-refractivity contribution in [3.05, 3.63) is 47.7 Å². The molecule has 1 amide bonds. The Labute approximate surface area is 142 Å². The summed E-state index contributed by atoms with van der Waals surface area (Å²) in [5.41, 5.74) is 4.26. The first kappa shape index (κ1) is 15.1. The molecule has 24 heavy (non-hydrogen) atoms. The molecule has 4 rings (SSSR count). The van der Waals surface area contributed by atoms with Gasteiger partial charge in [-0.25, -0.2) is 4.98 Å². The van der Waals surface area contributed by atoms with Gasteiger partial charge in [0.25, 0.3) is 0 Å². The Morgan fingerprint density at radius 3 is 2.88 bits per heavy atom. The summed E-state index contributed by atoms with van der Waals surface area (Å²) in [6.45, 7) is 4.30. The molecule has 2 aliphatic rings. The molecular formula is C19H22N4O. The van der Waals surface area contributed by atoms with Crippen molar-refractivity contribution in [2.75, 3.05) is 23.3 Å². The summed E-state index contributed by atoms with van der Waals surface area (Å²) < 4.78 is 0. The fraction of sp³-hybridized carbons (Fsp3) is 0.368. The van der Waals surface area contributed by atoms with Gasteiger partial charge in [0.15, 0.2) is 0 Å². The topological polar surface area (TPSA) is 57.3 Å². The first-order chi connectivity index (χ1) is 11.7. The third-order valence-corrected chi connectivity index (χ3v) is 4.98. The Kier molecular flexibility index (Phi) is 3.94. The number of piperidine rings is 1. The molecule has 2 N–H and O–H groups in total. The number of aromatic nitrogens is 1. The molecule has 3 heterocycles. The molecular weight excluding hydrogens is 300 g/mol. The fourth-order valence-corrected chi connectivity index (χ4v) is 3.63. The maximum absolute atomic E-state index is 12.3. The predicted octanol–water partition coefficient (Wildman–Crippen LogP) is 3.16. The number of hydrogen-bond donors (Lipinski definition) is 2. The predicted molar refractivity (Wildman–Crippen MR) is 95.7 cm³/mol. The van der Waals surface area contributed by atoms with Gasteiger partial charge in [-0.3, -0.25) is 4.79 Å². The second-order valence-electron chi connectivity index (χ2n) is 6.54. The second kappa shape index (κ2) is 6.24. The van der Waals surface area contributed by atoms with Gasteiger partial charge in [-0.2, -0.15) is 0 Å². The normalized spacial score (nSPS) is 17.5. The van der Waals surface area contributed by atoms with Crippen LogP contribution in [0.1, 0.15) is 36.8 Å². The molecule has 0 unspecified atom stereocenters. The Bertz CT molecular complexity index is 768. The van der Waals surface area contributed by atoms with Crippen molar-refractivity contribution in [2.45, 2.75) is 32.2 Å². The number of anilines is 3. The van der Waals surface area contributed by atoms with Gasteiger partial charge in [-0.15, -0.1) is 0 Å². The van der Waals surface area contributed by atoms with Crippen LogP contribution in [0.3, 0.4) is 0 Å². The highest BCUT2D eigenvalue weighted by atomic mass is 16.2. The molecule has 2 aromatic rings. The molecule has 0 bridgehead atoms. The van der Waals surface area contributed by atoms with Gasteiger partial charge in [0.05, 0.1) is 17.9 Å². The number of nitrogens with one attached hydrogen (secondary N) is 2. The van der Waals surface area contributed by atoms with Crippen LogP contribution in [-0.4, -0.2) is 24.0 Å². The summed E-state index contributed by atoms with van der Waals surface area (Å²) in [6, 6.07) is 10.4. The van der Waals surface area contributed by atoms with Crippen molar-refractivity contribution >= 4 is 23.1 Å². The summed E-state index contributed by atoms with van der Waals surface area (Å²) in [5.74, 6) is 1.45. The lowest BCUT2D eigenvalue weighted by atomic mass is 9.89. The van der Waals surface area contributed by atoms with Crippen LogP contribution < -0.4 is 15.5 Å². The van der Waals surface area contributed by atoms with Crippen LogP contribution in [-0.2, 0) is 11.3 Å². The summed E-state index contributed by atoms with van der Waals surface area (Å²) in [4.78, 5) is 18.6. The van der Waals surface area contributed by atoms with Crippen molar-refractivity contribution in [1.82, 2.24) is 10.3 Å². The zero-order valence-corrected chi connectivity index (χ0v) is 13.9. The van der Waals surface area contributed by atoms with Gasteiger partial charge in [-0.1, -0.05) is 12.1 Å². The summed E-state index contributed by atoms with van der Waals surface area (Å²) in [7, 11) is 0. The molecule has 2 aliphatic heterocycles. The van der Waals surface area contributed by atoms with Crippen LogP contribution in [0.15, 0.2) is 36.5 Å². The summed E-state index contributed by atoms with van der Waals surface area (Å²) in [5, 5.41) is 6.81. The number of nitrogens with zero attached hydrogens (tertiary/aromatic N) is 2. The lowest BCUT2D eigenvalue weighted by Gasteiger charge is -2.26. The number of fused-ring (bicyclic) bond motifs is 2. The van der Waals surface area contributed by atoms with E-state index in [9.17, 15) is 4.79 Å². The van der Waals surface area contributed by atoms with Crippen molar-refractivity contribution in [3.63, 3.8) is 0 Å². The Hall–Kier alpha value is -2.40. The standard InChI is InChI=1S/C19H22N4O/c1-13(24)23-12-16-3-2-8-21-19(16)22-17-5-4-15(11-18(17)23)14-6-9-20-10-7-14/h2-5,8,11,14,20H,6-7,9-10,12H2,1H3,(H,21,22). The van der Waals surface area contributed by atoms with Crippen LogP contribution in [0, 0.1) is 0 Å². The number of carbonyl (C=O) groups is 1. The van der Waals surface area contributed by atoms with E-state index in [2.05, 4.69) is 33.8 Å². The molecule has 1 saturated heterocycles. The van der Waals surface area contributed by atoms with Crippen molar-refractivity contribution in [1.29, 1.82) is 0 Å². The third kappa shape index (κ3) is 2.76. The minimum atomic E-state index is 0.0530. The first-order valence-corrected chi connectivity index (χ1v) is 8.56. The van der Waals surface area contributed by atoms with Gasteiger partial charge in [-0.05, 0) is 55.6 Å². The van der Waals surface area contributed by atoms with E-state index >= 15 is 0 Å². The molecule has 1 aromatic heterocycles. The van der Waals surface area contributed by atoms with Crippen molar-refractivity contribution in [2.24, 2.45) is 0 Å². The average molecular weight is 322 g/mol. The number of benzene rings is 1. The van der Waals surface area contributed by atoms with Crippen LogP contribution in [0.25, 0.3) is 0 Å². The molecule has 1 fully saturated rings. The van der Waals surface area contributed by atoms with E-state index in [4.69, 9.17) is 0 Å². The van der Waals surface area contributed by atoms with Crippen LogP contribution in [0.4, 0.5) is 17.2 Å². The number of rotatable bonds is 1. The maximum atomic E-state index is 12.3. The SMILES string of the molecule is CC(=O)N1Cc2cccnc2Nc2ccc(C3CCNCC3)cc21. The minimum Gasteiger partial charge on any atom is -0.338 e. The van der Waals surface area contributed by atoms with E-state index in [1.165, 1.54) is 5.56 Å². The molecule has 1 aromatic carbocycles. The van der Waals surface area contributed by atoms with Crippen LogP contribution >= 0.6 is 0 Å². The van der Waals surface area contributed by atoms with Crippen LogP contribution in [0.5, 0.6) is 0 Å². The van der Waals surface area contributed by atoms with Gasteiger partial charge in [0, 0.05) is 18.7 Å². The Morgan fingerprint density at radius 2 is 2.08 bits per heavy atom. The van der Waals surface area contributed by atoms with Crippen molar-refractivity contribution < 1.29 is 4.79 Å². The zero-order chi connectivity index (χ0) is 16.5. The highest BCUT2D eigenvalue weighted by Gasteiger charge is 2.24. The van der Waals surface area contributed by atoms with E-state index in [1.54, 1.807) is 13.1 Å². The quantitative estimate of drug-likeness (QED) is 0.847.